The molecule has 6 nitrogen and oxygen atoms in total. The van der Waals surface area contributed by atoms with E-state index < -0.39 is 6.04 Å². The van der Waals surface area contributed by atoms with Crippen LogP contribution in [0.25, 0.3) is 0 Å². The lowest BCUT2D eigenvalue weighted by Crippen LogP contribution is -2.49. The molecule has 0 bridgehead atoms. The molecule has 0 saturated carbocycles. The molecule has 2 amide bonds. The predicted molar refractivity (Wildman–Crippen MR) is 118 cm³/mol. The second-order valence-electron chi connectivity index (χ2n) is 7.62. The molecule has 0 heterocycles. The Morgan fingerprint density at radius 1 is 1.07 bits per heavy atom. The van der Waals surface area contributed by atoms with Crippen LogP contribution in [-0.2, 0) is 11.3 Å². The van der Waals surface area contributed by atoms with Crippen LogP contribution in [0, 0.1) is 12.8 Å². The Morgan fingerprint density at radius 3 is 2.47 bits per heavy atom. The zero-order valence-corrected chi connectivity index (χ0v) is 18.5. The normalized spacial score (nSPS) is 11.7. The van der Waals surface area contributed by atoms with E-state index in [1.165, 1.54) is 0 Å². The van der Waals surface area contributed by atoms with E-state index in [1.807, 2.05) is 58.0 Å². The van der Waals surface area contributed by atoms with Gasteiger partial charge < -0.3 is 20.1 Å². The van der Waals surface area contributed by atoms with Gasteiger partial charge in [-0.05, 0) is 49.1 Å². The zero-order valence-electron chi connectivity index (χ0n) is 18.5. The SMILES string of the molecule is CCCOc1ccc(CNC(=O)C(NC(=O)c2cccc(C)c2)C(C)C)cc1OC. The summed E-state index contributed by atoms with van der Waals surface area (Å²) in [5.41, 5.74) is 2.42. The Hall–Kier alpha value is -3.02. The van der Waals surface area contributed by atoms with Crippen molar-refractivity contribution >= 4 is 11.8 Å². The fourth-order valence-electron chi connectivity index (χ4n) is 3.00. The number of nitrogens with one attached hydrogen (secondary N) is 2. The smallest absolute Gasteiger partial charge is 0.251 e. The number of benzene rings is 2. The van der Waals surface area contributed by atoms with Crippen molar-refractivity contribution in [1.29, 1.82) is 0 Å². The Kier molecular flexibility index (Phi) is 8.71. The molecule has 0 fully saturated rings. The number of carbonyl (C=O) groups is 2. The topological polar surface area (TPSA) is 76.7 Å². The maximum atomic E-state index is 12.8. The minimum absolute atomic E-state index is 0.0573. The summed E-state index contributed by atoms with van der Waals surface area (Å²) in [5, 5.41) is 5.77. The third-order valence-corrected chi connectivity index (χ3v) is 4.67. The van der Waals surface area contributed by atoms with Crippen molar-refractivity contribution < 1.29 is 19.1 Å². The highest BCUT2D eigenvalue weighted by molar-refractivity contribution is 5.97. The van der Waals surface area contributed by atoms with Crippen LogP contribution in [0.2, 0.25) is 0 Å². The van der Waals surface area contributed by atoms with Crippen molar-refractivity contribution in [2.45, 2.75) is 46.7 Å². The van der Waals surface area contributed by atoms with Gasteiger partial charge >= 0.3 is 0 Å². The zero-order chi connectivity index (χ0) is 22.1. The van der Waals surface area contributed by atoms with Crippen LogP contribution < -0.4 is 20.1 Å². The average Bonchev–Trinajstić information content (AvgIpc) is 2.74. The average molecular weight is 413 g/mol. The third kappa shape index (κ3) is 6.51. The van der Waals surface area contributed by atoms with Gasteiger partial charge in [-0.15, -0.1) is 0 Å². The standard InChI is InChI=1S/C24H32N2O4/c1-6-12-30-20-11-10-18(14-21(20)29-5)15-25-24(28)22(16(2)3)26-23(27)19-9-7-8-17(4)13-19/h7-11,13-14,16,22H,6,12,15H2,1-5H3,(H,25,28)(H,26,27). The molecule has 0 aliphatic rings. The van der Waals surface area contributed by atoms with Crippen LogP contribution in [0.3, 0.4) is 0 Å². The van der Waals surface area contributed by atoms with Crippen LogP contribution in [0.15, 0.2) is 42.5 Å². The highest BCUT2D eigenvalue weighted by Crippen LogP contribution is 2.28. The molecular weight excluding hydrogens is 380 g/mol. The summed E-state index contributed by atoms with van der Waals surface area (Å²) < 4.78 is 11.1. The maximum Gasteiger partial charge on any atom is 0.251 e. The fraction of sp³-hybridized carbons (Fsp3) is 0.417. The minimum atomic E-state index is -0.632. The molecule has 6 heteroatoms. The summed E-state index contributed by atoms with van der Waals surface area (Å²) in [7, 11) is 1.59. The molecule has 1 unspecified atom stereocenters. The van der Waals surface area contributed by atoms with Gasteiger partial charge in [-0.25, -0.2) is 0 Å². The molecule has 2 aromatic rings. The second-order valence-corrected chi connectivity index (χ2v) is 7.62. The van der Waals surface area contributed by atoms with Crippen molar-refractivity contribution in [3.8, 4) is 11.5 Å². The number of hydrogen-bond donors (Lipinski definition) is 2. The lowest BCUT2D eigenvalue weighted by molar-refractivity contribution is -0.124. The first kappa shape index (κ1) is 23.3. The van der Waals surface area contributed by atoms with E-state index >= 15 is 0 Å². The summed E-state index contributed by atoms with van der Waals surface area (Å²) in [6.45, 7) is 8.72. The molecule has 162 valence electrons. The molecule has 1 atom stereocenters. The number of rotatable bonds is 10. The van der Waals surface area contributed by atoms with Gasteiger partial charge in [0.1, 0.15) is 6.04 Å². The summed E-state index contributed by atoms with van der Waals surface area (Å²) in [4.78, 5) is 25.3. The molecule has 2 N–H and O–H groups in total. The summed E-state index contributed by atoms with van der Waals surface area (Å²) in [6.07, 6.45) is 0.909. The number of aryl methyl sites for hydroxylation is 1. The van der Waals surface area contributed by atoms with Crippen LogP contribution in [0.4, 0.5) is 0 Å². The van der Waals surface area contributed by atoms with Crippen molar-refractivity contribution in [3.63, 3.8) is 0 Å². The molecule has 0 aliphatic heterocycles. The van der Waals surface area contributed by atoms with Crippen LogP contribution in [-0.4, -0.2) is 31.6 Å². The second kappa shape index (κ2) is 11.2. The van der Waals surface area contributed by atoms with Crippen molar-refractivity contribution in [2.75, 3.05) is 13.7 Å². The molecule has 0 aliphatic carbocycles. The number of hydrogen-bond acceptors (Lipinski definition) is 4. The van der Waals surface area contributed by atoms with E-state index in [0.717, 1.165) is 17.5 Å². The lowest BCUT2D eigenvalue weighted by atomic mass is 10.0. The molecular formula is C24H32N2O4. The Labute approximate surface area is 179 Å². The van der Waals surface area contributed by atoms with Crippen LogP contribution >= 0.6 is 0 Å². The molecule has 2 aromatic carbocycles. The van der Waals surface area contributed by atoms with E-state index in [-0.39, 0.29) is 17.7 Å². The van der Waals surface area contributed by atoms with E-state index in [1.54, 1.807) is 19.2 Å². The van der Waals surface area contributed by atoms with Gasteiger partial charge in [0.25, 0.3) is 5.91 Å². The number of ether oxygens (including phenoxy) is 2. The van der Waals surface area contributed by atoms with Crippen LogP contribution in [0.5, 0.6) is 11.5 Å². The predicted octanol–water partition coefficient (Wildman–Crippen LogP) is 3.86. The molecule has 0 radical (unpaired) electrons. The number of carbonyl (C=O) groups excluding carboxylic acids is 2. The summed E-state index contributed by atoms with van der Waals surface area (Å²) in [6, 6.07) is 12.3. The van der Waals surface area contributed by atoms with Crippen LogP contribution in [0.1, 0.15) is 48.7 Å². The third-order valence-electron chi connectivity index (χ3n) is 4.67. The van der Waals surface area contributed by atoms with Crippen molar-refractivity contribution in [1.82, 2.24) is 10.6 Å². The number of methoxy groups -OCH3 is 1. The molecule has 0 aromatic heterocycles. The molecule has 0 saturated heterocycles. The van der Waals surface area contributed by atoms with E-state index in [2.05, 4.69) is 10.6 Å². The quantitative estimate of drug-likeness (QED) is 0.621. The van der Waals surface area contributed by atoms with Gasteiger partial charge in [-0.1, -0.05) is 44.5 Å². The summed E-state index contributed by atoms with van der Waals surface area (Å²) >= 11 is 0. The van der Waals surface area contributed by atoms with Gasteiger partial charge in [0.05, 0.1) is 13.7 Å². The first-order valence-electron chi connectivity index (χ1n) is 10.3. The van der Waals surface area contributed by atoms with Gasteiger partial charge in [0, 0.05) is 12.1 Å². The largest absolute Gasteiger partial charge is 0.493 e. The monoisotopic (exact) mass is 412 g/mol. The van der Waals surface area contributed by atoms with Crippen molar-refractivity contribution in [3.05, 3.63) is 59.2 Å². The number of amides is 2. The highest BCUT2D eigenvalue weighted by Gasteiger charge is 2.24. The van der Waals surface area contributed by atoms with E-state index in [0.29, 0.717) is 30.2 Å². The molecule has 2 rings (SSSR count). The fourth-order valence-corrected chi connectivity index (χ4v) is 3.00. The van der Waals surface area contributed by atoms with Gasteiger partial charge in [-0.2, -0.15) is 0 Å². The first-order valence-corrected chi connectivity index (χ1v) is 10.3. The Bertz CT molecular complexity index is 864. The van der Waals surface area contributed by atoms with Gasteiger partial charge in [0.2, 0.25) is 5.91 Å². The molecule has 30 heavy (non-hydrogen) atoms. The van der Waals surface area contributed by atoms with E-state index in [9.17, 15) is 9.59 Å². The van der Waals surface area contributed by atoms with Gasteiger partial charge in [0.15, 0.2) is 11.5 Å². The Morgan fingerprint density at radius 2 is 1.83 bits per heavy atom. The van der Waals surface area contributed by atoms with E-state index in [4.69, 9.17) is 9.47 Å². The summed E-state index contributed by atoms with van der Waals surface area (Å²) in [5.74, 6) is 0.768. The van der Waals surface area contributed by atoms with Gasteiger partial charge in [-0.3, -0.25) is 9.59 Å². The Balaban J connectivity index is 2.02. The lowest BCUT2D eigenvalue weighted by Gasteiger charge is -2.22. The first-order chi connectivity index (χ1) is 14.3. The maximum absolute atomic E-state index is 12.8. The highest BCUT2D eigenvalue weighted by atomic mass is 16.5. The van der Waals surface area contributed by atoms with Crippen molar-refractivity contribution in [2.24, 2.45) is 5.92 Å². The molecule has 0 spiro atoms. The minimum Gasteiger partial charge on any atom is -0.493 e.